The largest absolute Gasteiger partial charge is 0.466 e. The zero-order chi connectivity index (χ0) is 11.3. The van der Waals surface area contributed by atoms with E-state index in [9.17, 15) is 4.79 Å². The Labute approximate surface area is 93.0 Å². The zero-order valence-corrected chi connectivity index (χ0v) is 9.93. The third-order valence-electron chi connectivity index (χ3n) is 1.50. The van der Waals surface area contributed by atoms with Gasteiger partial charge in [-0.15, -0.1) is 11.3 Å². The number of hydrazine groups is 1. The summed E-state index contributed by atoms with van der Waals surface area (Å²) in [5.41, 5.74) is 3.76. The minimum absolute atomic E-state index is 0.236. The van der Waals surface area contributed by atoms with Crippen molar-refractivity contribution in [1.82, 2.24) is 9.99 Å². The first-order valence-electron chi connectivity index (χ1n) is 4.65. The number of rotatable bonds is 5. The average Bonchev–Trinajstić information content (AvgIpc) is 2.51. The summed E-state index contributed by atoms with van der Waals surface area (Å²) in [6.45, 7) is 2.20. The summed E-state index contributed by atoms with van der Waals surface area (Å²) in [6.07, 6.45) is 0.236. The molecule has 0 aliphatic rings. The molecule has 1 N–H and O–H groups in total. The molecule has 0 aromatic carbocycles. The van der Waals surface area contributed by atoms with Crippen LogP contribution in [-0.4, -0.2) is 36.7 Å². The van der Waals surface area contributed by atoms with Gasteiger partial charge in [-0.25, -0.2) is 9.99 Å². The second kappa shape index (κ2) is 5.67. The summed E-state index contributed by atoms with van der Waals surface area (Å²) in [4.78, 5) is 15.4. The molecule has 0 spiro atoms. The Kier molecular flexibility index (Phi) is 4.51. The van der Waals surface area contributed by atoms with E-state index < -0.39 is 0 Å². The number of nitrogens with one attached hydrogen (secondary N) is 1. The van der Waals surface area contributed by atoms with Gasteiger partial charge in [0.2, 0.25) is 0 Å². The molecule has 1 aromatic rings. The van der Waals surface area contributed by atoms with Crippen LogP contribution in [0.4, 0.5) is 5.13 Å². The Morgan fingerprint density at radius 3 is 3.00 bits per heavy atom. The third-order valence-corrected chi connectivity index (χ3v) is 2.30. The second-order valence-corrected chi connectivity index (χ2v) is 3.99. The minimum atomic E-state index is -0.237. The van der Waals surface area contributed by atoms with E-state index in [1.54, 1.807) is 11.9 Å². The monoisotopic (exact) mass is 229 g/mol. The topological polar surface area (TPSA) is 54.5 Å². The van der Waals surface area contributed by atoms with Gasteiger partial charge in [-0.05, 0) is 6.92 Å². The van der Waals surface area contributed by atoms with Crippen molar-refractivity contribution in [3.63, 3.8) is 0 Å². The second-order valence-electron chi connectivity index (χ2n) is 3.13. The highest BCUT2D eigenvalue weighted by Gasteiger charge is 2.08. The quantitative estimate of drug-likeness (QED) is 0.606. The first-order valence-corrected chi connectivity index (χ1v) is 5.53. The molecular formula is C9H15N3O2S. The summed E-state index contributed by atoms with van der Waals surface area (Å²) < 4.78 is 4.83. The molecule has 0 atom stereocenters. The lowest BCUT2D eigenvalue weighted by Crippen LogP contribution is -2.19. The van der Waals surface area contributed by atoms with E-state index in [1.807, 2.05) is 19.5 Å². The van der Waals surface area contributed by atoms with Gasteiger partial charge < -0.3 is 4.74 Å². The molecule has 0 unspecified atom stereocenters. The Morgan fingerprint density at radius 2 is 2.40 bits per heavy atom. The van der Waals surface area contributed by atoms with Crippen molar-refractivity contribution in [3.8, 4) is 0 Å². The van der Waals surface area contributed by atoms with Crippen LogP contribution in [-0.2, 0) is 16.0 Å². The molecule has 1 rings (SSSR count). The number of aromatic nitrogens is 1. The van der Waals surface area contributed by atoms with Crippen LogP contribution in [0.1, 0.15) is 12.6 Å². The maximum atomic E-state index is 11.2. The van der Waals surface area contributed by atoms with Gasteiger partial charge in [0, 0.05) is 19.5 Å². The summed E-state index contributed by atoms with van der Waals surface area (Å²) in [6, 6.07) is 0. The lowest BCUT2D eigenvalue weighted by Gasteiger charge is -2.09. The number of thiazole rings is 1. The molecular weight excluding hydrogens is 214 g/mol. The number of esters is 1. The molecule has 6 heteroatoms. The highest BCUT2D eigenvalue weighted by molar-refractivity contribution is 7.13. The Hall–Kier alpha value is -1.14. The molecule has 0 fully saturated rings. The van der Waals surface area contributed by atoms with Crippen molar-refractivity contribution in [2.45, 2.75) is 13.3 Å². The summed E-state index contributed by atoms with van der Waals surface area (Å²) >= 11 is 1.47. The fraction of sp³-hybridized carbons (Fsp3) is 0.556. The lowest BCUT2D eigenvalue weighted by molar-refractivity contribution is -0.142. The first kappa shape index (κ1) is 11.9. The van der Waals surface area contributed by atoms with Gasteiger partial charge in [-0.2, -0.15) is 0 Å². The van der Waals surface area contributed by atoms with Gasteiger partial charge in [-0.3, -0.25) is 10.2 Å². The van der Waals surface area contributed by atoms with Crippen molar-refractivity contribution >= 4 is 22.4 Å². The van der Waals surface area contributed by atoms with Crippen molar-refractivity contribution in [1.29, 1.82) is 0 Å². The molecule has 0 amide bonds. The number of carbonyl (C=O) groups is 1. The zero-order valence-electron chi connectivity index (χ0n) is 9.11. The van der Waals surface area contributed by atoms with Crippen LogP contribution in [0.2, 0.25) is 0 Å². The fourth-order valence-electron chi connectivity index (χ4n) is 0.991. The maximum Gasteiger partial charge on any atom is 0.311 e. The molecule has 0 bridgehead atoms. The molecule has 1 aromatic heterocycles. The molecule has 84 valence electrons. The van der Waals surface area contributed by atoms with E-state index in [4.69, 9.17) is 4.74 Å². The number of nitrogens with zero attached hydrogens (tertiary/aromatic N) is 2. The summed E-state index contributed by atoms with van der Waals surface area (Å²) in [7, 11) is 3.76. The van der Waals surface area contributed by atoms with Crippen LogP contribution < -0.4 is 5.43 Å². The maximum absolute atomic E-state index is 11.2. The molecule has 0 aliphatic heterocycles. The van der Waals surface area contributed by atoms with Gasteiger partial charge in [0.15, 0.2) is 5.13 Å². The number of hydrogen-bond donors (Lipinski definition) is 1. The van der Waals surface area contributed by atoms with E-state index in [0.29, 0.717) is 6.61 Å². The van der Waals surface area contributed by atoms with Crippen LogP contribution in [0.5, 0.6) is 0 Å². The molecule has 0 saturated heterocycles. The van der Waals surface area contributed by atoms with Crippen LogP contribution in [0.3, 0.4) is 0 Å². The van der Waals surface area contributed by atoms with Crippen molar-refractivity contribution in [3.05, 3.63) is 11.1 Å². The van der Waals surface area contributed by atoms with E-state index in [0.717, 1.165) is 10.8 Å². The van der Waals surface area contributed by atoms with E-state index in [1.165, 1.54) is 11.3 Å². The number of carbonyl (C=O) groups excluding carboxylic acids is 1. The molecule has 5 nitrogen and oxygen atoms in total. The number of ether oxygens (including phenoxy) is 1. The predicted molar refractivity (Wildman–Crippen MR) is 59.8 cm³/mol. The summed E-state index contributed by atoms with van der Waals surface area (Å²) in [5, 5.41) is 4.43. The third kappa shape index (κ3) is 4.26. The van der Waals surface area contributed by atoms with Crippen LogP contribution >= 0.6 is 11.3 Å². The van der Waals surface area contributed by atoms with Gasteiger partial charge in [0.25, 0.3) is 0 Å². The van der Waals surface area contributed by atoms with E-state index >= 15 is 0 Å². The van der Waals surface area contributed by atoms with Gasteiger partial charge in [0.1, 0.15) is 0 Å². The van der Waals surface area contributed by atoms with Crippen molar-refractivity contribution in [2.75, 3.05) is 26.1 Å². The van der Waals surface area contributed by atoms with Crippen molar-refractivity contribution < 1.29 is 9.53 Å². The lowest BCUT2D eigenvalue weighted by atomic mass is 10.3. The normalized spacial score (nSPS) is 10.4. The molecule has 0 aliphatic carbocycles. The van der Waals surface area contributed by atoms with E-state index in [2.05, 4.69) is 10.4 Å². The van der Waals surface area contributed by atoms with Crippen LogP contribution in [0, 0.1) is 0 Å². The highest BCUT2D eigenvalue weighted by Crippen LogP contribution is 2.15. The SMILES string of the molecule is CCOC(=O)Cc1csc(NN(C)C)n1. The Balaban J connectivity index is 2.49. The minimum Gasteiger partial charge on any atom is -0.466 e. The van der Waals surface area contributed by atoms with Crippen molar-refractivity contribution in [2.24, 2.45) is 0 Å². The predicted octanol–water partition coefficient (Wildman–Crippen LogP) is 1.14. The number of hydrogen-bond acceptors (Lipinski definition) is 6. The standard InChI is InChI=1S/C9H15N3O2S/c1-4-14-8(13)5-7-6-15-9(10-7)11-12(2)3/h6H,4-5H2,1-3H3,(H,10,11). The Morgan fingerprint density at radius 1 is 1.67 bits per heavy atom. The van der Waals surface area contributed by atoms with Gasteiger partial charge >= 0.3 is 5.97 Å². The van der Waals surface area contributed by atoms with Gasteiger partial charge in [-0.1, -0.05) is 0 Å². The first-order chi connectivity index (χ1) is 7.11. The molecule has 0 radical (unpaired) electrons. The van der Waals surface area contributed by atoms with Gasteiger partial charge in [0.05, 0.1) is 18.7 Å². The van der Waals surface area contributed by atoms with Crippen LogP contribution in [0.15, 0.2) is 5.38 Å². The average molecular weight is 229 g/mol. The molecule has 1 heterocycles. The molecule has 0 saturated carbocycles. The Bertz CT molecular complexity index is 325. The van der Waals surface area contributed by atoms with Crippen LogP contribution in [0.25, 0.3) is 0 Å². The fourth-order valence-corrected chi connectivity index (χ4v) is 1.78. The molecule has 15 heavy (non-hydrogen) atoms. The number of anilines is 1. The smallest absolute Gasteiger partial charge is 0.311 e. The summed E-state index contributed by atoms with van der Waals surface area (Å²) in [5.74, 6) is -0.237. The van der Waals surface area contributed by atoms with E-state index in [-0.39, 0.29) is 12.4 Å². The highest BCUT2D eigenvalue weighted by atomic mass is 32.1.